The minimum Gasteiger partial charge on any atom is -0.497 e. The molecule has 0 spiro atoms. The molecule has 7 nitrogen and oxygen atoms in total. The Morgan fingerprint density at radius 2 is 2.03 bits per heavy atom. The van der Waals surface area contributed by atoms with Gasteiger partial charge in [-0.05, 0) is 57.0 Å². The maximum atomic E-state index is 13.0. The summed E-state index contributed by atoms with van der Waals surface area (Å²) in [5.74, 6) is 2.11. The molecule has 1 aromatic carbocycles. The summed E-state index contributed by atoms with van der Waals surface area (Å²) >= 11 is 1.90. The van der Waals surface area contributed by atoms with Crippen molar-refractivity contribution in [1.82, 2.24) is 20.4 Å². The summed E-state index contributed by atoms with van der Waals surface area (Å²) < 4.78 is 5.21. The number of hydrogen-bond acceptors (Lipinski definition) is 6. The van der Waals surface area contributed by atoms with Crippen LogP contribution in [0.5, 0.6) is 5.75 Å². The van der Waals surface area contributed by atoms with E-state index >= 15 is 0 Å². The Labute approximate surface area is 189 Å². The van der Waals surface area contributed by atoms with Gasteiger partial charge in [-0.25, -0.2) is 0 Å². The molecule has 3 saturated heterocycles. The summed E-state index contributed by atoms with van der Waals surface area (Å²) in [5.41, 5.74) is 1.27. The Bertz CT molecular complexity index is 775. The van der Waals surface area contributed by atoms with Crippen LogP contribution in [0.1, 0.15) is 31.2 Å². The molecule has 1 aromatic rings. The van der Waals surface area contributed by atoms with Crippen LogP contribution in [0.3, 0.4) is 0 Å². The lowest BCUT2D eigenvalue weighted by Gasteiger charge is -2.23. The van der Waals surface area contributed by atoms with E-state index in [9.17, 15) is 9.59 Å². The SMILES string of the molecule is COc1ccc(CS[C@@H]2CN[C@H](C(=O)N3CC[C@H](NC(=O)[C@@H]4CCCN4C)C3)C2)cc1. The van der Waals surface area contributed by atoms with E-state index in [1.54, 1.807) is 7.11 Å². The van der Waals surface area contributed by atoms with Crippen molar-refractivity contribution in [3.8, 4) is 5.75 Å². The summed E-state index contributed by atoms with van der Waals surface area (Å²) in [5, 5.41) is 7.03. The molecule has 0 bridgehead atoms. The van der Waals surface area contributed by atoms with Gasteiger partial charge in [-0.1, -0.05) is 12.1 Å². The Hall–Kier alpha value is -1.77. The van der Waals surface area contributed by atoms with Crippen molar-refractivity contribution < 1.29 is 14.3 Å². The van der Waals surface area contributed by atoms with E-state index in [0.717, 1.165) is 56.8 Å². The molecule has 3 heterocycles. The molecule has 3 fully saturated rings. The third-order valence-electron chi connectivity index (χ3n) is 6.70. The fourth-order valence-electron chi connectivity index (χ4n) is 4.79. The van der Waals surface area contributed by atoms with E-state index in [4.69, 9.17) is 4.74 Å². The van der Waals surface area contributed by atoms with Crippen molar-refractivity contribution in [2.75, 3.05) is 40.3 Å². The number of methoxy groups -OCH3 is 1. The van der Waals surface area contributed by atoms with Gasteiger partial charge in [0, 0.05) is 36.7 Å². The average molecular weight is 447 g/mol. The first-order valence-corrected chi connectivity index (χ1v) is 12.4. The van der Waals surface area contributed by atoms with Gasteiger partial charge >= 0.3 is 0 Å². The molecule has 8 heteroatoms. The second-order valence-corrected chi connectivity index (χ2v) is 10.2. The first-order chi connectivity index (χ1) is 15.0. The number of carbonyl (C=O) groups excluding carboxylic acids is 2. The van der Waals surface area contributed by atoms with E-state index in [-0.39, 0.29) is 29.9 Å². The lowest BCUT2D eigenvalue weighted by molar-refractivity contribution is -0.132. The standard InChI is InChI=1S/C23H34N4O3S/c1-26-10-3-4-21(26)22(28)25-17-9-11-27(14-17)23(29)20-12-19(13-24-20)31-15-16-5-7-18(30-2)8-6-16/h5-8,17,19-21,24H,3-4,9-15H2,1-2H3,(H,25,28)/t17-,19-,20-,21-/m0/s1. The Morgan fingerprint density at radius 3 is 2.74 bits per heavy atom. The molecule has 0 saturated carbocycles. The van der Waals surface area contributed by atoms with Crippen molar-refractivity contribution >= 4 is 23.6 Å². The van der Waals surface area contributed by atoms with Gasteiger partial charge in [0.25, 0.3) is 0 Å². The van der Waals surface area contributed by atoms with E-state index in [0.29, 0.717) is 11.8 Å². The van der Waals surface area contributed by atoms with E-state index < -0.39 is 0 Å². The fourth-order valence-corrected chi connectivity index (χ4v) is 5.95. The van der Waals surface area contributed by atoms with Crippen LogP contribution < -0.4 is 15.4 Å². The van der Waals surface area contributed by atoms with E-state index in [2.05, 4.69) is 27.7 Å². The molecule has 0 radical (unpaired) electrons. The highest BCUT2D eigenvalue weighted by Gasteiger charge is 2.37. The predicted molar refractivity (Wildman–Crippen MR) is 123 cm³/mol. The van der Waals surface area contributed by atoms with Gasteiger partial charge in [0.1, 0.15) is 5.75 Å². The molecule has 0 unspecified atom stereocenters. The molecule has 4 atom stereocenters. The number of nitrogens with one attached hydrogen (secondary N) is 2. The van der Waals surface area contributed by atoms with Crippen LogP contribution in [0.15, 0.2) is 24.3 Å². The number of amides is 2. The largest absolute Gasteiger partial charge is 0.497 e. The Morgan fingerprint density at radius 1 is 1.23 bits per heavy atom. The predicted octanol–water partition coefficient (Wildman–Crippen LogP) is 1.47. The quantitative estimate of drug-likeness (QED) is 0.661. The molecule has 0 aliphatic carbocycles. The fraction of sp³-hybridized carbons (Fsp3) is 0.652. The van der Waals surface area contributed by atoms with Crippen LogP contribution in [0.2, 0.25) is 0 Å². The van der Waals surface area contributed by atoms with Gasteiger partial charge in [0.2, 0.25) is 11.8 Å². The zero-order chi connectivity index (χ0) is 21.8. The first-order valence-electron chi connectivity index (χ1n) is 11.3. The molecule has 4 rings (SSSR count). The number of rotatable bonds is 7. The molecule has 0 aromatic heterocycles. The molecular weight excluding hydrogens is 412 g/mol. The van der Waals surface area contributed by atoms with Crippen LogP contribution in [0.25, 0.3) is 0 Å². The summed E-state index contributed by atoms with van der Waals surface area (Å²) in [6, 6.07) is 8.13. The summed E-state index contributed by atoms with van der Waals surface area (Å²) in [7, 11) is 3.69. The highest BCUT2D eigenvalue weighted by molar-refractivity contribution is 7.99. The summed E-state index contributed by atoms with van der Waals surface area (Å²) in [4.78, 5) is 29.6. The lowest BCUT2D eigenvalue weighted by atomic mass is 10.2. The monoisotopic (exact) mass is 446 g/mol. The Kier molecular flexibility index (Phi) is 7.40. The van der Waals surface area contributed by atoms with Gasteiger partial charge in [-0.3, -0.25) is 14.5 Å². The third-order valence-corrected chi connectivity index (χ3v) is 8.03. The maximum Gasteiger partial charge on any atom is 0.239 e. The maximum absolute atomic E-state index is 13.0. The zero-order valence-corrected chi connectivity index (χ0v) is 19.3. The number of benzene rings is 1. The minimum atomic E-state index is -0.108. The van der Waals surface area contributed by atoms with Crippen LogP contribution in [-0.4, -0.2) is 85.3 Å². The third kappa shape index (κ3) is 5.54. The second kappa shape index (κ2) is 10.2. The van der Waals surface area contributed by atoms with Crippen LogP contribution in [-0.2, 0) is 15.3 Å². The number of hydrogen-bond donors (Lipinski definition) is 2. The number of thioether (sulfide) groups is 1. The molecule has 2 N–H and O–H groups in total. The van der Waals surface area contributed by atoms with Crippen molar-refractivity contribution in [3.63, 3.8) is 0 Å². The van der Waals surface area contributed by atoms with E-state index in [1.165, 1.54) is 5.56 Å². The highest BCUT2D eigenvalue weighted by Crippen LogP contribution is 2.27. The molecule has 2 amide bonds. The minimum absolute atomic E-state index is 0.00950. The van der Waals surface area contributed by atoms with Gasteiger partial charge in [0.05, 0.1) is 19.2 Å². The number of likely N-dealkylation sites (N-methyl/N-ethyl adjacent to an activating group) is 1. The topological polar surface area (TPSA) is 73.9 Å². The van der Waals surface area contributed by atoms with Gasteiger partial charge in [-0.2, -0.15) is 11.8 Å². The molecule has 3 aliphatic rings. The number of nitrogens with zero attached hydrogens (tertiary/aromatic N) is 2. The van der Waals surface area contributed by atoms with Crippen LogP contribution >= 0.6 is 11.8 Å². The number of carbonyl (C=O) groups is 2. The lowest BCUT2D eigenvalue weighted by Crippen LogP contribution is -2.48. The number of ether oxygens (including phenoxy) is 1. The molecule has 31 heavy (non-hydrogen) atoms. The number of likely N-dealkylation sites (tertiary alicyclic amines) is 2. The smallest absolute Gasteiger partial charge is 0.239 e. The van der Waals surface area contributed by atoms with Gasteiger partial charge in [0.15, 0.2) is 0 Å². The van der Waals surface area contributed by atoms with E-state index in [1.807, 2.05) is 35.8 Å². The van der Waals surface area contributed by atoms with Crippen LogP contribution in [0.4, 0.5) is 0 Å². The summed E-state index contributed by atoms with van der Waals surface area (Å²) in [6.07, 6.45) is 3.71. The van der Waals surface area contributed by atoms with Crippen molar-refractivity contribution in [1.29, 1.82) is 0 Å². The van der Waals surface area contributed by atoms with Crippen molar-refractivity contribution in [2.45, 2.75) is 54.8 Å². The van der Waals surface area contributed by atoms with Crippen LogP contribution in [0, 0.1) is 0 Å². The second-order valence-electron chi connectivity index (χ2n) is 8.89. The zero-order valence-electron chi connectivity index (χ0n) is 18.5. The molecule has 3 aliphatic heterocycles. The van der Waals surface area contributed by atoms with Gasteiger partial charge < -0.3 is 20.3 Å². The summed E-state index contributed by atoms with van der Waals surface area (Å²) in [6.45, 7) is 3.20. The normalized spacial score (nSPS) is 28.8. The van der Waals surface area contributed by atoms with Crippen molar-refractivity contribution in [2.24, 2.45) is 0 Å². The van der Waals surface area contributed by atoms with Gasteiger partial charge in [-0.15, -0.1) is 0 Å². The average Bonchev–Trinajstić information content (AvgIpc) is 3.53. The molecular formula is C23H34N4O3S. The highest BCUT2D eigenvalue weighted by atomic mass is 32.2. The first kappa shape index (κ1) is 22.4. The van der Waals surface area contributed by atoms with Crippen molar-refractivity contribution in [3.05, 3.63) is 29.8 Å². The molecule has 170 valence electrons. The Balaban J connectivity index is 1.20.